The van der Waals surface area contributed by atoms with Crippen LogP contribution in [0.4, 0.5) is 0 Å². The van der Waals surface area contributed by atoms with Crippen molar-refractivity contribution in [3.63, 3.8) is 0 Å². The second kappa shape index (κ2) is 5.53. The van der Waals surface area contributed by atoms with Crippen molar-refractivity contribution in [2.75, 3.05) is 20.8 Å². The highest BCUT2D eigenvalue weighted by atomic mass is 16.5. The third-order valence-electron chi connectivity index (χ3n) is 2.56. The average Bonchev–Trinajstić information content (AvgIpc) is 2.28. The molecule has 0 amide bonds. The van der Waals surface area contributed by atoms with E-state index in [4.69, 9.17) is 4.74 Å². The van der Waals surface area contributed by atoms with Crippen LogP contribution in [0.15, 0.2) is 11.3 Å². The van der Waals surface area contributed by atoms with Crippen LogP contribution in [0.25, 0.3) is 0 Å². The lowest BCUT2D eigenvalue weighted by Crippen LogP contribution is -2.23. The van der Waals surface area contributed by atoms with Crippen molar-refractivity contribution in [3.05, 3.63) is 11.3 Å². The standard InChI is InChI=1S/C11H16O5/c1-7-4-5-16-8(6-9(12)14-2)10(7)11(13)15-3/h7H,4-6H2,1-3H3/t7-/m1/s1. The van der Waals surface area contributed by atoms with E-state index in [-0.39, 0.29) is 12.3 Å². The van der Waals surface area contributed by atoms with Gasteiger partial charge in [0, 0.05) is 0 Å². The molecule has 1 aliphatic heterocycles. The predicted molar refractivity (Wildman–Crippen MR) is 55.4 cm³/mol. The van der Waals surface area contributed by atoms with Gasteiger partial charge in [0.25, 0.3) is 0 Å². The zero-order valence-electron chi connectivity index (χ0n) is 9.74. The fraction of sp³-hybridized carbons (Fsp3) is 0.636. The van der Waals surface area contributed by atoms with E-state index in [9.17, 15) is 9.59 Å². The van der Waals surface area contributed by atoms with Crippen LogP contribution >= 0.6 is 0 Å². The van der Waals surface area contributed by atoms with Gasteiger partial charge in [-0.15, -0.1) is 0 Å². The number of hydrogen-bond acceptors (Lipinski definition) is 5. The molecule has 0 N–H and O–H groups in total. The lowest BCUT2D eigenvalue weighted by atomic mass is 9.94. The molecule has 1 aliphatic rings. The number of methoxy groups -OCH3 is 2. The smallest absolute Gasteiger partial charge is 0.337 e. The molecule has 1 atom stereocenters. The van der Waals surface area contributed by atoms with Crippen LogP contribution in [0.1, 0.15) is 19.8 Å². The Morgan fingerprint density at radius 1 is 1.38 bits per heavy atom. The van der Waals surface area contributed by atoms with Gasteiger partial charge >= 0.3 is 11.9 Å². The second-order valence-electron chi connectivity index (χ2n) is 3.62. The summed E-state index contributed by atoms with van der Waals surface area (Å²) >= 11 is 0. The maximum absolute atomic E-state index is 11.5. The first-order chi connectivity index (χ1) is 7.60. The molecule has 0 radical (unpaired) electrons. The summed E-state index contributed by atoms with van der Waals surface area (Å²) in [5.41, 5.74) is 0.444. The Bertz CT molecular complexity index is 318. The fourth-order valence-electron chi connectivity index (χ4n) is 1.63. The van der Waals surface area contributed by atoms with Gasteiger partial charge in [0.15, 0.2) is 0 Å². The van der Waals surface area contributed by atoms with E-state index < -0.39 is 11.9 Å². The number of carbonyl (C=O) groups excluding carboxylic acids is 2. The zero-order chi connectivity index (χ0) is 12.1. The van der Waals surface area contributed by atoms with E-state index in [1.807, 2.05) is 6.92 Å². The maximum atomic E-state index is 11.5. The highest BCUT2D eigenvalue weighted by molar-refractivity contribution is 5.90. The lowest BCUT2D eigenvalue weighted by molar-refractivity contribution is -0.140. The quantitative estimate of drug-likeness (QED) is 0.675. The van der Waals surface area contributed by atoms with Crippen LogP contribution in [0.2, 0.25) is 0 Å². The molecule has 1 rings (SSSR count). The molecule has 0 unspecified atom stereocenters. The Morgan fingerprint density at radius 2 is 2.06 bits per heavy atom. The van der Waals surface area contributed by atoms with Crippen LogP contribution in [0.3, 0.4) is 0 Å². The van der Waals surface area contributed by atoms with Crippen molar-refractivity contribution in [2.24, 2.45) is 5.92 Å². The Labute approximate surface area is 94.4 Å². The van der Waals surface area contributed by atoms with Crippen LogP contribution in [0.5, 0.6) is 0 Å². The Morgan fingerprint density at radius 3 is 2.62 bits per heavy atom. The van der Waals surface area contributed by atoms with Gasteiger partial charge in [-0.3, -0.25) is 4.79 Å². The van der Waals surface area contributed by atoms with Crippen LogP contribution in [-0.2, 0) is 23.8 Å². The highest BCUT2D eigenvalue weighted by Crippen LogP contribution is 2.28. The number of hydrogen-bond donors (Lipinski definition) is 0. The van der Waals surface area contributed by atoms with E-state index in [1.54, 1.807) is 0 Å². The lowest BCUT2D eigenvalue weighted by Gasteiger charge is -2.24. The monoisotopic (exact) mass is 228 g/mol. The Hall–Kier alpha value is -1.52. The fourth-order valence-corrected chi connectivity index (χ4v) is 1.63. The van der Waals surface area contributed by atoms with E-state index in [0.29, 0.717) is 17.9 Å². The van der Waals surface area contributed by atoms with Gasteiger partial charge in [-0.25, -0.2) is 4.79 Å². The first kappa shape index (κ1) is 12.5. The van der Waals surface area contributed by atoms with Gasteiger partial charge in [-0.05, 0) is 12.3 Å². The van der Waals surface area contributed by atoms with Gasteiger partial charge < -0.3 is 14.2 Å². The maximum Gasteiger partial charge on any atom is 0.337 e. The molecule has 0 bridgehead atoms. The normalized spacial score (nSPS) is 20.1. The third kappa shape index (κ3) is 2.74. The SMILES string of the molecule is COC(=O)CC1=C(C(=O)OC)[C@H](C)CCO1. The summed E-state index contributed by atoms with van der Waals surface area (Å²) in [5.74, 6) is -0.449. The molecule has 0 aromatic rings. The van der Waals surface area contributed by atoms with Crippen molar-refractivity contribution in [3.8, 4) is 0 Å². The highest BCUT2D eigenvalue weighted by Gasteiger charge is 2.28. The zero-order valence-corrected chi connectivity index (χ0v) is 9.74. The molecule has 0 saturated carbocycles. The summed E-state index contributed by atoms with van der Waals surface area (Å²) in [7, 11) is 2.61. The van der Waals surface area contributed by atoms with Crippen molar-refractivity contribution in [1.29, 1.82) is 0 Å². The van der Waals surface area contributed by atoms with Crippen LogP contribution < -0.4 is 0 Å². The molecule has 90 valence electrons. The van der Waals surface area contributed by atoms with E-state index in [0.717, 1.165) is 6.42 Å². The molecular formula is C11H16O5. The molecule has 1 heterocycles. The Balaban J connectivity index is 2.94. The topological polar surface area (TPSA) is 61.8 Å². The predicted octanol–water partition coefficient (Wildman–Crippen LogP) is 1.03. The summed E-state index contributed by atoms with van der Waals surface area (Å²) in [6.45, 7) is 2.42. The summed E-state index contributed by atoms with van der Waals surface area (Å²) in [6.07, 6.45) is 0.723. The molecule has 0 aromatic carbocycles. The first-order valence-corrected chi connectivity index (χ1v) is 5.11. The third-order valence-corrected chi connectivity index (χ3v) is 2.56. The Kier molecular flexibility index (Phi) is 4.34. The van der Waals surface area contributed by atoms with Gasteiger partial charge in [0.05, 0.1) is 26.4 Å². The molecule has 0 spiro atoms. The molecular weight excluding hydrogens is 212 g/mol. The van der Waals surface area contributed by atoms with Crippen molar-refractivity contribution < 1.29 is 23.8 Å². The summed E-state index contributed by atoms with van der Waals surface area (Å²) in [4.78, 5) is 22.7. The summed E-state index contributed by atoms with van der Waals surface area (Å²) < 4.78 is 14.6. The molecule has 0 aromatic heterocycles. The van der Waals surface area contributed by atoms with Gasteiger partial charge in [-0.1, -0.05) is 6.92 Å². The van der Waals surface area contributed by atoms with E-state index >= 15 is 0 Å². The van der Waals surface area contributed by atoms with E-state index in [1.165, 1.54) is 14.2 Å². The van der Waals surface area contributed by atoms with Crippen molar-refractivity contribution in [2.45, 2.75) is 19.8 Å². The van der Waals surface area contributed by atoms with Crippen molar-refractivity contribution in [1.82, 2.24) is 0 Å². The minimum atomic E-state index is -0.439. The number of esters is 2. The molecule has 0 fully saturated rings. The molecule has 5 nitrogen and oxygen atoms in total. The van der Waals surface area contributed by atoms with Crippen molar-refractivity contribution >= 4 is 11.9 Å². The summed E-state index contributed by atoms with van der Waals surface area (Å²) in [5, 5.41) is 0. The van der Waals surface area contributed by atoms with Gasteiger partial charge in [0.1, 0.15) is 12.2 Å². The van der Waals surface area contributed by atoms with Crippen LogP contribution in [-0.4, -0.2) is 32.8 Å². The summed E-state index contributed by atoms with van der Waals surface area (Å²) in [6, 6.07) is 0. The molecule has 0 saturated heterocycles. The second-order valence-corrected chi connectivity index (χ2v) is 3.62. The first-order valence-electron chi connectivity index (χ1n) is 5.11. The van der Waals surface area contributed by atoms with E-state index in [2.05, 4.69) is 9.47 Å². The van der Waals surface area contributed by atoms with Gasteiger partial charge in [-0.2, -0.15) is 0 Å². The molecule has 0 aliphatic carbocycles. The largest absolute Gasteiger partial charge is 0.497 e. The van der Waals surface area contributed by atoms with Gasteiger partial charge in [0.2, 0.25) is 0 Å². The average molecular weight is 228 g/mol. The number of rotatable bonds is 3. The van der Waals surface area contributed by atoms with Crippen LogP contribution in [0, 0.1) is 5.92 Å². The minimum Gasteiger partial charge on any atom is -0.497 e. The number of ether oxygens (including phenoxy) is 3. The molecule has 5 heteroatoms. The minimum absolute atomic E-state index is 0.0225. The number of carbonyl (C=O) groups is 2. The molecule has 16 heavy (non-hydrogen) atoms.